The second kappa shape index (κ2) is 7.26. The van der Waals surface area contributed by atoms with Gasteiger partial charge in [0.2, 0.25) is 0 Å². The molecular formula is C15H23N3O2. The Morgan fingerprint density at radius 3 is 2.70 bits per heavy atom. The van der Waals surface area contributed by atoms with E-state index in [0.717, 1.165) is 18.8 Å². The van der Waals surface area contributed by atoms with E-state index >= 15 is 0 Å². The van der Waals surface area contributed by atoms with Gasteiger partial charge in [-0.05, 0) is 12.1 Å². The Balaban J connectivity index is 1.79. The highest BCUT2D eigenvalue weighted by Gasteiger charge is 2.24. The van der Waals surface area contributed by atoms with Crippen LogP contribution in [-0.4, -0.2) is 63.8 Å². The minimum absolute atomic E-state index is 0.0543. The Kier molecular flexibility index (Phi) is 5.38. The predicted octanol–water partition coefficient (Wildman–Crippen LogP) is 0.570. The number of nitrogens with one attached hydrogen (secondary N) is 1. The Bertz CT molecular complexity index is 418. The molecule has 1 aromatic carbocycles. The van der Waals surface area contributed by atoms with Gasteiger partial charge < -0.3 is 19.9 Å². The van der Waals surface area contributed by atoms with Crippen molar-refractivity contribution in [3.63, 3.8) is 0 Å². The minimum atomic E-state index is -0.337. The topological polar surface area (TPSA) is 44.8 Å². The zero-order chi connectivity index (χ0) is 14.4. The fourth-order valence-corrected chi connectivity index (χ4v) is 2.19. The molecule has 0 aliphatic carbocycles. The molecule has 0 radical (unpaired) electrons. The zero-order valence-electron chi connectivity index (χ0n) is 12.2. The molecule has 1 fully saturated rings. The molecule has 2 rings (SSSR count). The van der Waals surface area contributed by atoms with E-state index < -0.39 is 0 Å². The molecule has 1 atom stereocenters. The number of para-hydroxylation sites is 1. The van der Waals surface area contributed by atoms with Crippen molar-refractivity contribution in [2.75, 3.05) is 51.8 Å². The second-order valence-electron chi connectivity index (χ2n) is 5.08. The number of hydrogen-bond donors (Lipinski definition) is 1. The smallest absolute Gasteiger partial charge is 0.252 e. The van der Waals surface area contributed by atoms with Crippen molar-refractivity contribution in [1.82, 2.24) is 10.2 Å². The molecule has 110 valence electrons. The molecule has 1 N–H and O–H groups in total. The summed E-state index contributed by atoms with van der Waals surface area (Å²) in [6.07, 6.45) is -0.337. The van der Waals surface area contributed by atoms with Crippen LogP contribution in [0.3, 0.4) is 0 Å². The third-order valence-electron chi connectivity index (χ3n) is 3.55. The Hall–Kier alpha value is -1.59. The third-order valence-corrected chi connectivity index (χ3v) is 3.55. The van der Waals surface area contributed by atoms with Gasteiger partial charge in [0.25, 0.3) is 5.91 Å². The van der Waals surface area contributed by atoms with Gasteiger partial charge in [-0.15, -0.1) is 0 Å². The molecule has 0 spiro atoms. The molecule has 1 unspecified atom stereocenters. The maximum absolute atomic E-state index is 12.2. The second-order valence-corrected chi connectivity index (χ2v) is 5.08. The first-order valence-electron chi connectivity index (χ1n) is 7.02. The number of hydrogen-bond acceptors (Lipinski definition) is 4. The van der Waals surface area contributed by atoms with Gasteiger partial charge in [0.15, 0.2) is 0 Å². The van der Waals surface area contributed by atoms with Crippen LogP contribution in [0.2, 0.25) is 0 Å². The van der Waals surface area contributed by atoms with E-state index in [1.54, 1.807) is 4.90 Å². The van der Waals surface area contributed by atoms with Gasteiger partial charge in [0, 0.05) is 46.0 Å². The van der Waals surface area contributed by atoms with Crippen molar-refractivity contribution in [1.29, 1.82) is 0 Å². The molecule has 1 aliphatic rings. The van der Waals surface area contributed by atoms with Gasteiger partial charge >= 0.3 is 0 Å². The SMILES string of the molecule is CN(CCN(C)c1ccccc1)C(=O)C1CNCCO1. The van der Waals surface area contributed by atoms with Crippen LogP contribution in [0.1, 0.15) is 0 Å². The van der Waals surface area contributed by atoms with Crippen LogP contribution in [0.15, 0.2) is 30.3 Å². The molecule has 1 amide bonds. The summed E-state index contributed by atoms with van der Waals surface area (Å²) >= 11 is 0. The highest BCUT2D eigenvalue weighted by Crippen LogP contribution is 2.10. The average Bonchev–Trinajstić information content (AvgIpc) is 2.53. The standard InChI is InChI=1S/C15H23N3O2/c1-17(13-6-4-3-5-7-13)9-10-18(2)15(19)14-12-16-8-11-20-14/h3-7,14,16H,8-12H2,1-2H3. The zero-order valence-corrected chi connectivity index (χ0v) is 12.2. The molecule has 5 heteroatoms. The van der Waals surface area contributed by atoms with Gasteiger partial charge in [0.1, 0.15) is 6.10 Å². The van der Waals surface area contributed by atoms with Crippen LogP contribution in [0.4, 0.5) is 5.69 Å². The van der Waals surface area contributed by atoms with Crippen LogP contribution >= 0.6 is 0 Å². The highest BCUT2D eigenvalue weighted by atomic mass is 16.5. The summed E-state index contributed by atoms with van der Waals surface area (Å²) in [4.78, 5) is 16.1. The molecule has 0 bridgehead atoms. The molecular weight excluding hydrogens is 254 g/mol. The van der Waals surface area contributed by atoms with Crippen LogP contribution in [-0.2, 0) is 9.53 Å². The maximum Gasteiger partial charge on any atom is 0.252 e. The number of rotatable bonds is 5. The summed E-state index contributed by atoms with van der Waals surface area (Å²) in [6, 6.07) is 10.2. The summed E-state index contributed by atoms with van der Waals surface area (Å²) in [6.45, 7) is 3.52. The number of morpholine rings is 1. The number of benzene rings is 1. The van der Waals surface area contributed by atoms with Gasteiger partial charge in [0.05, 0.1) is 6.61 Å². The molecule has 0 aromatic heterocycles. The third kappa shape index (κ3) is 3.95. The number of anilines is 1. The van der Waals surface area contributed by atoms with Crippen molar-refractivity contribution in [2.24, 2.45) is 0 Å². The number of carbonyl (C=O) groups is 1. The van der Waals surface area contributed by atoms with Gasteiger partial charge in [-0.1, -0.05) is 18.2 Å². The maximum atomic E-state index is 12.2. The van der Waals surface area contributed by atoms with Crippen LogP contribution < -0.4 is 10.2 Å². The first kappa shape index (κ1) is 14.8. The van der Waals surface area contributed by atoms with Gasteiger partial charge in [-0.2, -0.15) is 0 Å². The highest BCUT2D eigenvalue weighted by molar-refractivity contribution is 5.81. The molecule has 5 nitrogen and oxygen atoms in total. The van der Waals surface area contributed by atoms with E-state index in [-0.39, 0.29) is 12.0 Å². The summed E-state index contributed by atoms with van der Waals surface area (Å²) < 4.78 is 5.48. The largest absolute Gasteiger partial charge is 0.373 e. The van der Waals surface area contributed by atoms with E-state index in [1.165, 1.54) is 0 Å². The van der Waals surface area contributed by atoms with Crippen molar-refractivity contribution in [3.05, 3.63) is 30.3 Å². The number of carbonyl (C=O) groups excluding carboxylic acids is 1. The number of ether oxygens (including phenoxy) is 1. The van der Waals surface area contributed by atoms with Crippen molar-refractivity contribution >= 4 is 11.6 Å². The average molecular weight is 277 g/mol. The first-order chi connectivity index (χ1) is 9.68. The molecule has 1 aromatic rings. The lowest BCUT2D eigenvalue weighted by Gasteiger charge is -2.29. The van der Waals surface area contributed by atoms with E-state index in [4.69, 9.17) is 4.74 Å². The quantitative estimate of drug-likeness (QED) is 0.854. The van der Waals surface area contributed by atoms with Crippen LogP contribution in [0.25, 0.3) is 0 Å². The normalized spacial score (nSPS) is 18.6. The Labute approximate surface area is 120 Å². The minimum Gasteiger partial charge on any atom is -0.373 e. The summed E-state index contributed by atoms with van der Waals surface area (Å²) in [5.74, 6) is 0.0543. The number of amides is 1. The van der Waals surface area contributed by atoms with Crippen molar-refractivity contribution in [3.8, 4) is 0 Å². The summed E-state index contributed by atoms with van der Waals surface area (Å²) in [5.41, 5.74) is 1.16. The van der Waals surface area contributed by atoms with Crippen LogP contribution in [0, 0.1) is 0 Å². The first-order valence-corrected chi connectivity index (χ1v) is 7.02. The van der Waals surface area contributed by atoms with Gasteiger partial charge in [-0.25, -0.2) is 0 Å². The van der Waals surface area contributed by atoms with Crippen molar-refractivity contribution < 1.29 is 9.53 Å². The van der Waals surface area contributed by atoms with Crippen molar-refractivity contribution in [2.45, 2.75) is 6.10 Å². The van der Waals surface area contributed by atoms with Gasteiger partial charge in [-0.3, -0.25) is 4.79 Å². The molecule has 20 heavy (non-hydrogen) atoms. The van der Waals surface area contributed by atoms with E-state index in [0.29, 0.717) is 19.7 Å². The van der Waals surface area contributed by atoms with E-state index in [9.17, 15) is 4.79 Å². The monoisotopic (exact) mass is 277 g/mol. The fraction of sp³-hybridized carbons (Fsp3) is 0.533. The lowest BCUT2D eigenvalue weighted by atomic mass is 10.2. The summed E-state index contributed by atoms with van der Waals surface area (Å²) in [7, 11) is 3.87. The lowest BCUT2D eigenvalue weighted by molar-refractivity contribution is -0.143. The Morgan fingerprint density at radius 2 is 2.05 bits per heavy atom. The Morgan fingerprint density at radius 1 is 1.30 bits per heavy atom. The van der Waals surface area contributed by atoms with Crippen LogP contribution in [0.5, 0.6) is 0 Å². The lowest BCUT2D eigenvalue weighted by Crippen LogP contribution is -2.49. The summed E-state index contributed by atoms with van der Waals surface area (Å²) in [5, 5.41) is 3.18. The molecule has 1 aliphatic heterocycles. The number of likely N-dealkylation sites (N-methyl/N-ethyl adjacent to an activating group) is 2. The van der Waals surface area contributed by atoms with E-state index in [2.05, 4.69) is 22.3 Å². The molecule has 0 saturated carbocycles. The fourth-order valence-electron chi connectivity index (χ4n) is 2.19. The predicted molar refractivity (Wildman–Crippen MR) is 80.0 cm³/mol. The molecule has 1 heterocycles. The number of nitrogens with zero attached hydrogens (tertiary/aromatic N) is 2. The van der Waals surface area contributed by atoms with E-state index in [1.807, 2.05) is 32.3 Å². The molecule has 1 saturated heterocycles.